The number of fused-ring (bicyclic) bond motifs is 1. The molecule has 1 atom stereocenters. The van der Waals surface area contributed by atoms with Crippen LogP contribution < -0.4 is 15.2 Å². The van der Waals surface area contributed by atoms with Crippen LogP contribution in [0, 0.1) is 0 Å². The molecule has 1 aromatic carbocycles. The Kier molecular flexibility index (Phi) is 7.78. The first-order chi connectivity index (χ1) is 15.8. The van der Waals surface area contributed by atoms with Gasteiger partial charge in [0.1, 0.15) is 19.7 Å². The van der Waals surface area contributed by atoms with Gasteiger partial charge in [-0.25, -0.2) is 26.6 Å². The predicted octanol–water partition coefficient (Wildman–Crippen LogP) is 2.05. The second-order valence-corrected chi connectivity index (χ2v) is 13.2. The zero-order valence-electron chi connectivity index (χ0n) is 19.2. The molecule has 0 fully saturated rings. The molecule has 0 saturated carbocycles. The van der Waals surface area contributed by atoms with Crippen LogP contribution in [0.1, 0.15) is 18.5 Å². The first-order valence-electron chi connectivity index (χ1n) is 10.3. The number of imidazole rings is 1. The summed E-state index contributed by atoms with van der Waals surface area (Å²) in [5, 5.41) is 0. The molecule has 0 amide bonds. The first-order valence-corrected chi connectivity index (χ1v) is 15.2. The highest BCUT2D eigenvalue weighted by molar-refractivity contribution is 9.10. The fourth-order valence-corrected chi connectivity index (χ4v) is 5.41. The molecule has 0 saturated heterocycles. The molecule has 0 radical (unpaired) electrons. The molecular weight excluding hydrogens is 550 g/mol. The SMILES string of the molecule is CCOc1cc([C@H](CS(C)(=O)=O)n2c(=O)n(CCS(C)(=O)=O)c3cc(Br)cnc32)ccc1OC. The Morgan fingerprint density at radius 2 is 1.79 bits per heavy atom. The second kappa shape index (κ2) is 10.1. The molecule has 3 aromatic rings. The van der Waals surface area contributed by atoms with Crippen LogP contribution in [0.4, 0.5) is 0 Å². The highest BCUT2D eigenvalue weighted by Crippen LogP contribution is 2.33. The van der Waals surface area contributed by atoms with E-state index in [0.29, 0.717) is 33.7 Å². The maximum atomic E-state index is 13.6. The minimum absolute atomic E-state index is 0.0995. The van der Waals surface area contributed by atoms with Crippen LogP contribution in [0.2, 0.25) is 0 Å². The summed E-state index contributed by atoms with van der Waals surface area (Å²) < 4.78 is 62.5. The van der Waals surface area contributed by atoms with E-state index in [1.807, 2.05) is 6.92 Å². The number of methoxy groups -OCH3 is 1. The molecule has 2 heterocycles. The molecule has 34 heavy (non-hydrogen) atoms. The standard InChI is InChI=1S/C21H26BrN3O7S2/c1-5-32-19-10-14(6-7-18(19)31-2)17(13-34(4,29)30)25-20-16(11-15(22)12-23-20)24(21(25)26)8-9-33(3,27)28/h6-7,10-12,17H,5,8-9,13H2,1-4H3/t17-/m0/s1. The van der Waals surface area contributed by atoms with E-state index in [-0.39, 0.29) is 23.7 Å². The van der Waals surface area contributed by atoms with Gasteiger partial charge in [0, 0.05) is 29.7 Å². The van der Waals surface area contributed by atoms with Crippen LogP contribution in [0.5, 0.6) is 11.5 Å². The van der Waals surface area contributed by atoms with E-state index in [2.05, 4.69) is 20.9 Å². The third-order valence-electron chi connectivity index (χ3n) is 5.10. The number of nitrogens with zero attached hydrogens (tertiary/aromatic N) is 3. The molecular formula is C21H26BrN3O7S2. The minimum atomic E-state index is -3.55. The van der Waals surface area contributed by atoms with E-state index in [1.165, 1.54) is 22.4 Å². The largest absolute Gasteiger partial charge is 0.493 e. The van der Waals surface area contributed by atoms with Gasteiger partial charge in [-0.3, -0.25) is 9.13 Å². The van der Waals surface area contributed by atoms with Crippen molar-refractivity contribution in [1.29, 1.82) is 0 Å². The summed E-state index contributed by atoms with van der Waals surface area (Å²) >= 11 is 3.33. The average Bonchev–Trinajstić information content (AvgIpc) is 3.00. The Morgan fingerprint density at radius 3 is 2.38 bits per heavy atom. The van der Waals surface area contributed by atoms with Crippen LogP contribution >= 0.6 is 15.9 Å². The van der Waals surface area contributed by atoms with Crippen molar-refractivity contribution in [3.8, 4) is 11.5 Å². The lowest BCUT2D eigenvalue weighted by Gasteiger charge is -2.20. The first kappa shape index (κ1) is 26.2. The van der Waals surface area contributed by atoms with Crippen molar-refractivity contribution in [3.63, 3.8) is 0 Å². The fraction of sp³-hybridized carbons (Fsp3) is 0.429. The summed E-state index contributed by atoms with van der Waals surface area (Å²) in [7, 11) is -5.42. The number of aromatic nitrogens is 3. The lowest BCUT2D eigenvalue weighted by atomic mass is 10.1. The number of aryl methyl sites for hydroxylation is 1. The molecule has 186 valence electrons. The number of sulfone groups is 2. The van der Waals surface area contributed by atoms with Crippen molar-refractivity contribution < 1.29 is 26.3 Å². The fourth-order valence-electron chi connectivity index (χ4n) is 3.66. The lowest BCUT2D eigenvalue weighted by Crippen LogP contribution is -2.32. The minimum Gasteiger partial charge on any atom is -0.493 e. The van der Waals surface area contributed by atoms with Crippen molar-refractivity contribution in [2.75, 3.05) is 37.7 Å². The number of hydrogen-bond donors (Lipinski definition) is 0. The van der Waals surface area contributed by atoms with Crippen molar-refractivity contribution in [1.82, 2.24) is 14.1 Å². The Morgan fingerprint density at radius 1 is 1.09 bits per heavy atom. The topological polar surface area (TPSA) is 127 Å². The van der Waals surface area contributed by atoms with Crippen LogP contribution in [0.3, 0.4) is 0 Å². The van der Waals surface area contributed by atoms with Crippen LogP contribution in [-0.2, 0) is 26.2 Å². The molecule has 0 N–H and O–H groups in total. The zero-order valence-corrected chi connectivity index (χ0v) is 22.4. The van der Waals surface area contributed by atoms with Gasteiger partial charge in [0.15, 0.2) is 17.1 Å². The Labute approximate surface area is 206 Å². The molecule has 10 nitrogen and oxygen atoms in total. The van der Waals surface area contributed by atoms with Crippen molar-refractivity contribution in [2.24, 2.45) is 0 Å². The third kappa shape index (κ3) is 5.99. The van der Waals surface area contributed by atoms with E-state index in [4.69, 9.17) is 9.47 Å². The molecule has 0 aliphatic carbocycles. The molecule has 3 rings (SSSR count). The summed E-state index contributed by atoms with van der Waals surface area (Å²) in [5.74, 6) is 0.235. The van der Waals surface area contributed by atoms with Gasteiger partial charge in [0.05, 0.1) is 36.8 Å². The smallest absolute Gasteiger partial charge is 0.330 e. The van der Waals surface area contributed by atoms with Crippen molar-refractivity contribution in [2.45, 2.75) is 19.5 Å². The van der Waals surface area contributed by atoms with E-state index in [0.717, 1.165) is 12.5 Å². The molecule has 13 heteroatoms. The van der Waals surface area contributed by atoms with Crippen LogP contribution in [0.25, 0.3) is 11.2 Å². The molecule has 0 spiro atoms. The van der Waals surface area contributed by atoms with Gasteiger partial charge in [0.2, 0.25) is 0 Å². The number of halogens is 1. The summed E-state index contributed by atoms with van der Waals surface area (Å²) in [6.07, 6.45) is 3.67. The highest BCUT2D eigenvalue weighted by atomic mass is 79.9. The monoisotopic (exact) mass is 575 g/mol. The van der Waals surface area contributed by atoms with Gasteiger partial charge in [-0.1, -0.05) is 6.07 Å². The Balaban J connectivity index is 2.30. The highest BCUT2D eigenvalue weighted by Gasteiger charge is 2.27. The van der Waals surface area contributed by atoms with Gasteiger partial charge in [-0.2, -0.15) is 0 Å². The Hall–Kier alpha value is -2.38. The van der Waals surface area contributed by atoms with Gasteiger partial charge in [-0.05, 0) is 46.6 Å². The van der Waals surface area contributed by atoms with Gasteiger partial charge in [-0.15, -0.1) is 0 Å². The Bertz CT molecular complexity index is 1480. The van der Waals surface area contributed by atoms with E-state index in [1.54, 1.807) is 24.3 Å². The number of rotatable bonds is 10. The van der Waals surface area contributed by atoms with Crippen LogP contribution in [0.15, 0.2) is 39.7 Å². The molecule has 0 aliphatic rings. The molecule has 0 aliphatic heterocycles. The number of pyridine rings is 1. The van der Waals surface area contributed by atoms with Gasteiger partial charge in [0.25, 0.3) is 0 Å². The zero-order chi connectivity index (χ0) is 25.3. The van der Waals surface area contributed by atoms with E-state index >= 15 is 0 Å². The van der Waals surface area contributed by atoms with E-state index in [9.17, 15) is 21.6 Å². The lowest BCUT2D eigenvalue weighted by molar-refractivity contribution is 0.310. The van der Waals surface area contributed by atoms with E-state index < -0.39 is 31.4 Å². The predicted molar refractivity (Wildman–Crippen MR) is 133 cm³/mol. The number of benzene rings is 1. The normalized spacial score (nSPS) is 13.2. The van der Waals surface area contributed by atoms with Gasteiger partial charge >= 0.3 is 5.69 Å². The summed E-state index contributed by atoms with van der Waals surface area (Å²) in [4.78, 5) is 17.9. The maximum Gasteiger partial charge on any atom is 0.330 e. The molecule has 0 unspecified atom stereocenters. The molecule has 2 aromatic heterocycles. The number of ether oxygens (including phenoxy) is 2. The van der Waals surface area contributed by atoms with Gasteiger partial charge < -0.3 is 9.47 Å². The summed E-state index contributed by atoms with van der Waals surface area (Å²) in [5.41, 5.74) is 0.569. The van der Waals surface area contributed by atoms with Crippen molar-refractivity contribution >= 4 is 46.8 Å². The quantitative estimate of drug-likeness (QED) is 0.359. The molecule has 0 bridgehead atoms. The summed E-state index contributed by atoms with van der Waals surface area (Å²) in [6.45, 7) is 2.07. The summed E-state index contributed by atoms with van der Waals surface area (Å²) in [6, 6.07) is 5.67. The number of hydrogen-bond acceptors (Lipinski definition) is 8. The third-order valence-corrected chi connectivity index (χ3v) is 7.38. The second-order valence-electron chi connectivity index (χ2n) is 7.88. The van der Waals surface area contributed by atoms with Crippen molar-refractivity contribution in [3.05, 3.63) is 51.0 Å². The maximum absolute atomic E-state index is 13.6. The van der Waals surface area contributed by atoms with Crippen LogP contribution in [-0.4, -0.2) is 68.7 Å². The average molecular weight is 576 g/mol.